The van der Waals surface area contributed by atoms with Crippen LogP contribution in [0, 0.1) is 18.6 Å². The van der Waals surface area contributed by atoms with Gasteiger partial charge in [-0.05, 0) is 36.3 Å². The highest BCUT2D eigenvalue weighted by Crippen LogP contribution is 2.12. The van der Waals surface area contributed by atoms with Gasteiger partial charge in [0.15, 0.2) is 17.4 Å². The van der Waals surface area contributed by atoms with Crippen molar-refractivity contribution < 1.29 is 13.6 Å². The third-order valence-electron chi connectivity index (χ3n) is 2.78. The highest BCUT2D eigenvalue weighted by Gasteiger charge is 2.05. The lowest BCUT2D eigenvalue weighted by atomic mass is 10.0. The first kappa shape index (κ1) is 13.1. The van der Waals surface area contributed by atoms with Crippen LogP contribution in [0.2, 0.25) is 0 Å². The van der Waals surface area contributed by atoms with Gasteiger partial charge < -0.3 is 0 Å². The molecule has 0 aliphatic carbocycles. The van der Waals surface area contributed by atoms with Crippen molar-refractivity contribution in [3.8, 4) is 0 Å². The van der Waals surface area contributed by atoms with E-state index in [9.17, 15) is 13.6 Å². The smallest absolute Gasteiger partial charge is 0.186 e. The largest absolute Gasteiger partial charge is 0.289 e. The van der Waals surface area contributed by atoms with E-state index in [0.29, 0.717) is 11.1 Å². The number of benzene rings is 2. The number of hydrogen-bond acceptors (Lipinski definition) is 1. The molecule has 0 saturated heterocycles. The Morgan fingerprint density at radius 2 is 1.79 bits per heavy atom. The average Bonchev–Trinajstić information content (AvgIpc) is 2.40. The fourth-order valence-corrected chi connectivity index (χ4v) is 1.73. The van der Waals surface area contributed by atoms with Crippen molar-refractivity contribution in [2.75, 3.05) is 0 Å². The van der Waals surface area contributed by atoms with Gasteiger partial charge in [-0.15, -0.1) is 0 Å². The molecule has 2 rings (SSSR count). The standard InChI is InChI=1S/C16H12F2O/c1-11-4-2-3-5-13(11)16(19)9-7-12-6-8-14(17)15(18)10-12/h2-10H,1H3/b9-7+. The lowest BCUT2D eigenvalue weighted by Crippen LogP contribution is -1.97. The maximum Gasteiger partial charge on any atom is 0.186 e. The Bertz CT molecular complexity index is 645. The number of carbonyl (C=O) groups is 1. The Kier molecular flexibility index (Phi) is 3.85. The van der Waals surface area contributed by atoms with Gasteiger partial charge in [-0.25, -0.2) is 8.78 Å². The minimum absolute atomic E-state index is 0.164. The maximum absolute atomic E-state index is 13.0. The van der Waals surface area contributed by atoms with Gasteiger partial charge >= 0.3 is 0 Å². The Morgan fingerprint density at radius 3 is 2.47 bits per heavy atom. The fraction of sp³-hybridized carbons (Fsp3) is 0.0625. The first-order valence-corrected chi connectivity index (χ1v) is 5.81. The van der Waals surface area contributed by atoms with Crippen LogP contribution in [-0.4, -0.2) is 5.78 Å². The van der Waals surface area contributed by atoms with E-state index in [1.165, 1.54) is 18.2 Å². The molecule has 2 aromatic rings. The van der Waals surface area contributed by atoms with E-state index in [-0.39, 0.29) is 5.78 Å². The van der Waals surface area contributed by atoms with Crippen molar-refractivity contribution in [2.24, 2.45) is 0 Å². The lowest BCUT2D eigenvalue weighted by molar-refractivity contribution is 0.104. The number of aryl methyl sites for hydroxylation is 1. The summed E-state index contributed by atoms with van der Waals surface area (Å²) in [5.74, 6) is -1.99. The monoisotopic (exact) mass is 258 g/mol. The van der Waals surface area contributed by atoms with Crippen LogP contribution in [0.15, 0.2) is 48.5 Å². The zero-order valence-corrected chi connectivity index (χ0v) is 10.4. The van der Waals surface area contributed by atoms with E-state index < -0.39 is 11.6 Å². The number of rotatable bonds is 3. The van der Waals surface area contributed by atoms with Crippen molar-refractivity contribution in [2.45, 2.75) is 6.92 Å². The summed E-state index contributed by atoms with van der Waals surface area (Å²) in [5, 5.41) is 0. The predicted molar refractivity (Wildman–Crippen MR) is 70.9 cm³/mol. The Labute approximate surface area is 110 Å². The summed E-state index contributed by atoms with van der Waals surface area (Å²) in [6.45, 7) is 1.85. The number of hydrogen-bond donors (Lipinski definition) is 0. The minimum Gasteiger partial charge on any atom is -0.289 e. The molecule has 0 aliphatic rings. The summed E-state index contributed by atoms with van der Waals surface area (Å²) in [4.78, 5) is 11.9. The summed E-state index contributed by atoms with van der Waals surface area (Å²) in [5.41, 5.74) is 1.92. The van der Waals surface area contributed by atoms with Crippen LogP contribution in [0.4, 0.5) is 8.78 Å². The van der Waals surface area contributed by atoms with E-state index in [0.717, 1.165) is 17.7 Å². The second-order valence-electron chi connectivity index (χ2n) is 4.19. The van der Waals surface area contributed by atoms with E-state index in [2.05, 4.69) is 0 Å². The van der Waals surface area contributed by atoms with Gasteiger partial charge in [-0.1, -0.05) is 36.4 Å². The second-order valence-corrected chi connectivity index (χ2v) is 4.19. The minimum atomic E-state index is -0.925. The van der Waals surface area contributed by atoms with Gasteiger partial charge in [0.1, 0.15) is 0 Å². The van der Waals surface area contributed by atoms with Crippen molar-refractivity contribution in [1.82, 2.24) is 0 Å². The summed E-state index contributed by atoms with van der Waals surface area (Å²) in [6.07, 6.45) is 2.83. The topological polar surface area (TPSA) is 17.1 Å². The molecule has 0 spiro atoms. The molecule has 0 aromatic heterocycles. The summed E-state index contributed by atoms with van der Waals surface area (Å²) in [6, 6.07) is 10.7. The van der Waals surface area contributed by atoms with Gasteiger partial charge in [0, 0.05) is 5.56 Å². The normalized spacial score (nSPS) is 10.9. The average molecular weight is 258 g/mol. The van der Waals surface area contributed by atoms with Gasteiger partial charge in [0.25, 0.3) is 0 Å². The van der Waals surface area contributed by atoms with E-state index in [1.807, 2.05) is 19.1 Å². The predicted octanol–water partition coefficient (Wildman–Crippen LogP) is 4.17. The van der Waals surface area contributed by atoms with Crippen molar-refractivity contribution in [1.29, 1.82) is 0 Å². The van der Waals surface area contributed by atoms with E-state index in [4.69, 9.17) is 0 Å². The molecular formula is C16H12F2O. The molecule has 0 heterocycles. The molecule has 0 atom stereocenters. The number of allylic oxidation sites excluding steroid dienone is 1. The van der Waals surface area contributed by atoms with Crippen molar-refractivity contribution in [3.63, 3.8) is 0 Å². The number of ketones is 1. The summed E-state index contributed by atoms with van der Waals surface area (Å²) < 4.78 is 25.7. The molecule has 0 unspecified atom stereocenters. The molecular weight excluding hydrogens is 246 g/mol. The van der Waals surface area contributed by atoms with Crippen LogP contribution in [0.3, 0.4) is 0 Å². The zero-order chi connectivity index (χ0) is 13.8. The van der Waals surface area contributed by atoms with Gasteiger partial charge in [-0.2, -0.15) is 0 Å². The van der Waals surface area contributed by atoms with Gasteiger partial charge in [0.2, 0.25) is 0 Å². The van der Waals surface area contributed by atoms with Crippen molar-refractivity contribution >= 4 is 11.9 Å². The molecule has 19 heavy (non-hydrogen) atoms. The molecule has 0 saturated carbocycles. The maximum atomic E-state index is 13.0. The molecule has 96 valence electrons. The Morgan fingerprint density at radius 1 is 1.05 bits per heavy atom. The highest BCUT2D eigenvalue weighted by atomic mass is 19.2. The molecule has 1 nitrogen and oxygen atoms in total. The Hall–Kier alpha value is -2.29. The third-order valence-corrected chi connectivity index (χ3v) is 2.78. The quantitative estimate of drug-likeness (QED) is 0.596. The first-order chi connectivity index (χ1) is 9.08. The molecule has 2 aromatic carbocycles. The molecule has 3 heteroatoms. The molecule has 0 N–H and O–H groups in total. The van der Waals surface area contributed by atoms with Crippen LogP contribution in [-0.2, 0) is 0 Å². The van der Waals surface area contributed by atoms with Crippen LogP contribution < -0.4 is 0 Å². The Balaban J connectivity index is 2.21. The lowest BCUT2D eigenvalue weighted by Gasteiger charge is -2.00. The SMILES string of the molecule is Cc1ccccc1C(=O)/C=C/c1ccc(F)c(F)c1. The van der Waals surface area contributed by atoms with Crippen LogP contribution in [0.25, 0.3) is 6.08 Å². The zero-order valence-electron chi connectivity index (χ0n) is 10.4. The number of carbonyl (C=O) groups excluding carboxylic acids is 1. The third kappa shape index (κ3) is 3.13. The van der Waals surface area contributed by atoms with Gasteiger partial charge in [0.05, 0.1) is 0 Å². The summed E-state index contributed by atoms with van der Waals surface area (Å²) in [7, 11) is 0. The first-order valence-electron chi connectivity index (χ1n) is 5.81. The molecule has 0 aliphatic heterocycles. The fourth-order valence-electron chi connectivity index (χ4n) is 1.73. The van der Waals surface area contributed by atoms with E-state index in [1.54, 1.807) is 12.1 Å². The second kappa shape index (κ2) is 5.57. The van der Waals surface area contributed by atoms with Gasteiger partial charge in [-0.3, -0.25) is 4.79 Å². The van der Waals surface area contributed by atoms with Crippen LogP contribution in [0.1, 0.15) is 21.5 Å². The van der Waals surface area contributed by atoms with Crippen LogP contribution >= 0.6 is 0 Å². The van der Waals surface area contributed by atoms with Crippen molar-refractivity contribution in [3.05, 3.63) is 76.9 Å². The molecule has 0 radical (unpaired) electrons. The molecule has 0 fully saturated rings. The molecule has 0 bridgehead atoms. The summed E-state index contributed by atoms with van der Waals surface area (Å²) >= 11 is 0. The highest BCUT2D eigenvalue weighted by molar-refractivity contribution is 6.07. The number of halogens is 2. The van der Waals surface area contributed by atoms with Crippen LogP contribution in [0.5, 0.6) is 0 Å². The van der Waals surface area contributed by atoms with E-state index >= 15 is 0 Å². The molecule has 0 amide bonds.